The van der Waals surface area contributed by atoms with Gasteiger partial charge < -0.3 is 21.1 Å². The average Bonchev–Trinajstić information content (AvgIpc) is 2.78. The Hall–Kier alpha value is -2.77. The van der Waals surface area contributed by atoms with Gasteiger partial charge in [-0.05, 0) is 24.1 Å². The van der Waals surface area contributed by atoms with Crippen molar-refractivity contribution in [2.45, 2.75) is 30.3 Å². The van der Waals surface area contributed by atoms with Gasteiger partial charge in [0.05, 0.1) is 10.9 Å². The SMILES string of the molecule is CCCCSc1nc(NCC(Cl)c2ccccc2)c(C=N)c(Nc2cccc(O)c2)n1. The van der Waals surface area contributed by atoms with Gasteiger partial charge in [-0.15, -0.1) is 11.6 Å². The van der Waals surface area contributed by atoms with Crippen molar-refractivity contribution in [3.8, 4) is 5.75 Å². The van der Waals surface area contributed by atoms with Gasteiger partial charge in [-0.1, -0.05) is 61.5 Å². The molecule has 0 aliphatic carbocycles. The molecule has 0 radical (unpaired) electrons. The molecule has 4 N–H and O–H groups in total. The van der Waals surface area contributed by atoms with E-state index in [1.807, 2.05) is 36.4 Å². The van der Waals surface area contributed by atoms with E-state index < -0.39 is 0 Å². The van der Waals surface area contributed by atoms with E-state index in [0.29, 0.717) is 34.6 Å². The minimum atomic E-state index is -0.242. The Morgan fingerprint density at radius 3 is 2.61 bits per heavy atom. The highest BCUT2D eigenvalue weighted by molar-refractivity contribution is 7.99. The van der Waals surface area contributed by atoms with Crippen molar-refractivity contribution in [1.29, 1.82) is 5.41 Å². The maximum atomic E-state index is 9.77. The smallest absolute Gasteiger partial charge is 0.191 e. The lowest BCUT2D eigenvalue weighted by molar-refractivity contribution is 0.475. The lowest BCUT2D eigenvalue weighted by Crippen LogP contribution is -2.13. The molecule has 0 aliphatic heterocycles. The summed E-state index contributed by atoms with van der Waals surface area (Å²) in [5, 5.41) is 24.6. The quantitative estimate of drug-likeness (QED) is 0.0902. The molecule has 1 atom stereocenters. The van der Waals surface area contributed by atoms with Crippen LogP contribution in [0.4, 0.5) is 17.3 Å². The summed E-state index contributed by atoms with van der Waals surface area (Å²) < 4.78 is 0. The Morgan fingerprint density at radius 1 is 1.13 bits per heavy atom. The lowest BCUT2D eigenvalue weighted by Gasteiger charge is -2.17. The van der Waals surface area contributed by atoms with E-state index in [-0.39, 0.29) is 11.1 Å². The number of hydrogen-bond donors (Lipinski definition) is 4. The lowest BCUT2D eigenvalue weighted by atomic mass is 10.1. The Labute approximate surface area is 192 Å². The molecule has 1 aromatic heterocycles. The fourth-order valence-electron chi connectivity index (χ4n) is 2.87. The van der Waals surface area contributed by atoms with Crippen LogP contribution in [0.5, 0.6) is 5.75 Å². The topological polar surface area (TPSA) is 93.9 Å². The monoisotopic (exact) mass is 455 g/mol. The number of halogens is 1. The number of aromatic nitrogens is 2. The summed E-state index contributed by atoms with van der Waals surface area (Å²) in [7, 11) is 0. The zero-order chi connectivity index (χ0) is 22.1. The number of phenols is 1. The molecule has 1 unspecified atom stereocenters. The standard InChI is InChI=1S/C23H26ClN5OS/c1-2-3-12-31-23-28-21(26-15-20(24)16-8-5-4-6-9-16)19(14-25)22(29-23)27-17-10-7-11-18(30)13-17/h4-11,13-14,20,25,30H,2-3,12,15H2,1H3,(H2,26,27,28,29). The zero-order valence-corrected chi connectivity index (χ0v) is 18.9. The minimum absolute atomic E-state index is 0.152. The molecular weight excluding hydrogens is 430 g/mol. The van der Waals surface area contributed by atoms with E-state index in [9.17, 15) is 5.11 Å². The third-order valence-corrected chi connectivity index (χ3v) is 5.86. The van der Waals surface area contributed by atoms with Gasteiger partial charge in [0.1, 0.15) is 17.4 Å². The number of phenolic OH excluding ortho intramolecular Hbond substituents is 1. The first-order chi connectivity index (χ1) is 15.1. The number of thioether (sulfide) groups is 1. The van der Waals surface area contributed by atoms with Crippen LogP contribution in [0.1, 0.15) is 36.3 Å². The van der Waals surface area contributed by atoms with Crippen LogP contribution in [-0.2, 0) is 0 Å². The van der Waals surface area contributed by atoms with Gasteiger partial charge in [0, 0.05) is 30.3 Å². The van der Waals surface area contributed by atoms with E-state index in [2.05, 4.69) is 27.5 Å². The molecule has 0 aliphatic rings. The van der Waals surface area contributed by atoms with Gasteiger partial charge in [-0.2, -0.15) is 0 Å². The second kappa shape index (κ2) is 11.6. The summed E-state index contributed by atoms with van der Waals surface area (Å²) >= 11 is 8.15. The largest absolute Gasteiger partial charge is 0.508 e. The van der Waals surface area contributed by atoms with Crippen LogP contribution in [0.25, 0.3) is 0 Å². The molecule has 0 saturated heterocycles. The van der Waals surface area contributed by atoms with Crippen molar-refractivity contribution in [3.05, 3.63) is 65.7 Å². The van der Waals surface area contributed by atoms with E-state index in [0.717, 1.165) is 24.2 Å². The first kappa shape index (κ1) is 22.9. The van der Waals surface area contributed by atoms with E-state index >= 15 is 0 Å². The molecule has 8 heteroatoms. The number of alkyl halides is 1. The van der Waals surface area contributed by atoms with Gasteiger partial charge >= 0.3 is 0 Å². The van der Waals surface area contributed by atoms with Gasteiger partial charge in [0.15, 0.2) is 5.16 Å². The van der Waals surface area contributed by atoms with Crippen molar-refractivity contribution in [2.24, 2.45) is 0 Å². The highest BCUT2D eigenvalue weighted by Gasteiger charge is 2.16. The number of benzene rings is 2. The molecule has 0 amide bonds. The van der Waals surface area contributed by atoms with Crippen molar-refractivity contribution in [2.75, 3.05) is 22.9 Å². The fourth-order valence-corrected chi connectivity index (χ4v) is 4.02. The number of nitrogens with zero attached hydrogens (tertiary/aromatic N) is 2. The summed E-state index contributed by atoms with van der Waals surface area (Å²) in [6, 6.07) is 16.6. The number of aromatic hydroxyl groups is 1. The van der Waals surface area contributed by atoms with Gasteiger partial charge in [-0.3, -0.25) is 0 Å². The third kappa shape index (κ3) is 6.60. The van der Waals surface area contributed by atoms with Crippen LogP contribution in [0.2, 0.25) is 0 Å². The summed E-state index contributed by atoms with van der Waals surface area (Å²) in [5.41, 5.74) is 2.22. The van der Waals surface area contributed by atoms with Crippen molar-refractivity contribution >= 4 is 46.9 Å². The predicted octanol–water partition coefficient (Wildman–Crippen LogP) is 6.21. The molecule has 31 heavy (non-hydrogen) atoms. The molecule has 0 spiro atoms. The molecule has 0 saturated carbocycles. The number of unbranched alkanes of at least 4 members (excludes halogenated alkanes) is 1. The number of nitrogens with one attached hydrogen (secondary N) is 3. The Bertz CT molecular complexity index is 1000. The van der Waals surface area contributed by atoms with Crippen LogP contribution in [0, 0.1) is 5.41 Å². The molecule has 6 nitrogen and oxygen atoms in total. The second-order valence-corrected chi connectivity index (χ2v) is 8.49. The van der Waals surface area contributed by atoms with E-state index in [1.54, 1.807) is 30.0 Å². The first-order valence-corrected chi connectivity index (χ1v) is 11.6. The second-order valence-electron chi connectivity index (χ2n) is 6.90. The highest BCUT2D eigenvalue weighted by atomic mass is 35.5. The van der Waals surface area contributed by atoms with Crippen molar-refractivity contribution < 1.29 is 5.11 Å². The maximum Gasteiger partial charge on any atom is 0.191 e. The molecular formula is C23H26ClN5OS. The number of anilines is 3. The summed E-state index contributed by atoms with van der Waals surface area (Å²) in [5.74, 6) is 2.11. The Balaban J connectivity index is 1.87. The Kier molecular flexibility index (Phi) is 8.55. The third-order valence-electron chi connectivity index (χ3n) is 4.52. The number of rotatable bonds is 11. The molecule has 0 bridgehead atoms. The molecule has 1 heterocycles. The Morgan fingerprint density at radius 2 is 1.90 bits per heavy atom. The molecule has 3 aromatic rings. The normalized spacial score (nSPS) is 11.7. The van der Waals surface area contributed by atoms with Crippen LogP contribution in [-0.4, -0.2) is 33.6 Å². The van der Waals surface area contributed by atoms with Crippen molar-refractivity contribution in [1.82, 2.24) is 9.97 Å². The van der Waals surface area contributed by atoms with Gasteiger partial charge in [-0.25, -0.2) is 9.97 Å². The van der Waals surface area contributed by atoms with Crippen LogP contribution in [0.15, 0.2) is 59.8 Å². The predicted molar refractivity (Wildman–Crippen MR) is 130 cm³/mol. The summed E-state index contributed by atoms with van der Waals surface area (Å²) in [6.45, 7) is 2.60. The molecule has 2 aromatic carbocycles. The first-order valence-electron chi connectivity index (χ1n) is 10.1. The van der Waals surface area contributed by atoms with Crippen LogP contribution < -0.4 is 10.6 Å². The highest BCUT2D eigenvalue weighted by Crippen LogP contribution is 2.29. The average molecular weight is 456 g/mol. The van der Waals surface area contributed by atoms with Crippen molar-refractivity contribution in [3.63, 3.8) is 0 Å². The van der Waals surface area contributed by atoms with E-state index in [1.165, 1.54) is 6.21 Å². The van der Waals surface area contributed by atoms with Gasteiger partial charge in [0.2, 0.25) is 0 Å². The minimum Gasteiger partial charge on any atom is -0.508 e. The van der Waals surface area contributed by atoms with Crippen LogP contribution >= 0.6 is 23.4 Å². The van der Waals surface area contributed by atoms with Crippen LogP contribution in [0.3, 0.4) is 0 Å². The zero-order valence-electron chi connectivity index (χ0n) is 17.3. The summed E-state index contributed by atoms with van der Waals surface area (Å²) in [6.07, 6.45) is 3.38. The molecule has 0 fully saturated rings. The fraction of sp³-hybridized carbons (Fsp3) is 0.261. The molecule has 162 valence electrons. The maximum absolute atomic E-state index is 9.77. The summed E-state index contributed by atoms with van der Waals surface area (Å²) in [4.78, 5) is 9.26. The van der Waals surface area contributed by atoms with E-state index in [4.69, 9.17) is 17.0 Å². The van der Waals surface area contributed by atoms with Gasteiger partial charge in [0.25, 0.3) is 0 Å². The number of hydrogen-bond acceptors (Lipinski definition) is 7. The molecule has 3 rings (SSSR count).